The molecule has 2 rings (SSSR count). The van der Waals surface area contributed by atoms with E-state index in [0.717, 1.165) is 0 Å². The smallest absolute Gasteiger partial charge is 0.328 e. The first-order valence-electron chi connectivity index (χ1n) is 8.00. The summed E-state index contributed by atoms with van der Waals surface area (Å²) in [5, 5.41) is 0. The first-order valence-corrected chi connectivity index (χ1v) is 9.53. The molecule has 6 N–H and O–H groups in total. The molecule has 0 saturated heterocycles. The van der Waals surface area contributed by atoms with E-state index in [1.54, 1.807) is 0 Å². The fourth-order valence-electron chi connectivity index (χ4n) is 2.39. The van der Waals surface area contributed by atoms with Gasteiger partial charge in [0.1, 0.15) is 6.61 Å². The number of terminal acetylenes is 1. The van der Waals surface area contributed by atoms with Crippen molar-refractivity contribution in [1.82, 2.24) is 0 Å². The summed E-state index contributed by atoms with van der Waals surface area (Å²) < 4.78 is 13.6. The number of rotatable bonds is 2. The molecule has 0 bridgehead atoms. The third-order valence-corrected chi connectivity index (χ3v) is 4.08. The lowest BCUT2D eigenvalue weighted by Crippen LogP contribution is -2.22. The minimum atomic E-state index is -4.32. The summed E-state index contributed by atoms with van der Waals surface area (Å²) in [5.41, 5.74) is 11.3. The monoisotopic (exact) mass is 340 g/mol. The standard InChI is InChI=1S/2C6H13N.C3H5O4P/c2*7-6-4-2-1-3-5-6;1-2-3-7-8(4,5)6/h2*6H,1-5,7H2;1H,3H2,(H2,4,5,6)/i;;4+2,5+2,6+2. The molecule has 0 spiro atoms. The number of hydrogen-bond acceptors (Lipinski definition) is 4. The Kier molecular flexibility index (Phi) is 12.8. The highest BCUT2D eigenvalue weighted by molar-refractivity contribution is 7.46. The van der Waals surface area contributed by atoms with Crippen molar-refractivity contribution >= 4 is 7.82 Å². The van der Waals surface area contributed by atoms with Gasteiger partial charge in [0.15, 0.2) is 0 Å². The van der Waals surface area contributed by atoms with E-state index in [0.29, 0.717) is 12.1 Å². The molecule has 2 fully saturated rings. The fraction of sp³-hybridized carbons (Fsp3) is 0.867. The maximum atomic E-state index is 9.77. The van der Waals surface area contributed by atoms with Crippen LogP contribution in [-0.2, 0) is 9.09 Å². The third-order valence-electron chi connectivity index (χ3n) is 3.62. The van der Waals surface area contributed by atoms with Gasteiger partial charge < -0.3 is 21.3 Å². The molecule has 0 aromatic carbocycles. The van der Waals surface area contributed by atoms with Gasteiger partial charge in [-0.15, -0.1) is 6.42 Å². The van der Waals surface area contributed by atoms with Gasteiger partial charge in [0.25, 0.3) is 0 Å². The molecule has 0 aromatic heterocycles. The van der Waals surface area contributed by atoms with Gasteiger partial charge in [0, 0.05) is 12.1 Å². The van der Waals surface area contributed by atoms with E-state index in [1.165, 1.54) is 64.2 Å². The average molecular weight is 340 g/mol. The summed E-state index contributed by atoms with van der Waals surface area (Å²) in [6.07, 6.45) is 17.9. The fourth-order valence-corrected chi connectivity index (χ4v) is 2.63. The number of nitrogens with two attached hydrogens (primary N) is 2. The molecule has 130 valence electrons. The van der Waals surface area contributed by atoms with Gasteiger partial charge in [-0.3, -0.25) is 4.52 Å². The van der Waals surface area contributed by atoms with E-state index < -0.39 is 7.82 Å². The lowest BCUT2D eigenvalue weighted by molar-refractivity contribution is 0.218. The van der Waals surface area contributed by atoms with Crippen LogP contribution in [0.15, 0.2) is 0 Å². The summed E-state index contributed by atoms with van der Waals surface area (Å²) in [4.78, 5) is 15.9. The Hall–Kier alpha value is -0.410. The van der Waals surface area contributed by atoms with Gasteiger partial charge in [-0.1, -0.05) is 44.4 Å². The molecule has 0 amide bonds. The molecule has 2 aliphatic rings. The second-order valence-corrected chi connectivity index (χ2v) is 7.00. The summed E-state index contributed by atoms with van der Waals surface area (Å²) in [6.45, 7) is -0.357. The van der Waals surface area contributed by atoms with Crippen LogP contribution in [0.1, 0.15) is 64.2 Å². The van der Waals surface area contributed by atoms with Gasteiger partial charge in [0.2, 0.25) is 0 Å². The zero-order valence-electron chi connectivity index (χ0n) is 13.3. The molecule has 22 heavy (non-hydrogen) atoms. The predicted molar refractivity (Wildman–Crippen MR) is 88.9 cm³/mol. The molecule has 0 aromatic rings. The van der Waals surface area contributed by atoms with Crippen LogP contribution in [0.25, 0.3) is 0 Å². The van der Waals surface area contributed by atoms with Crippen molar-refractivity contribution in [1.29, 1.82) is 0 Å². The molecule has 2 saturated carbocycles. The first kappa shape index (κ1) is 21.6. The average Bonchev–Trinajstić information content (AvgIpc) is 2.47. The summed E-state index contributed by atoms with van der Waals surface area (Å²) >= 11 is 0. The lowest BCUT2D eigenvalue weighted by Gasteiger charge is -2.15. The van der Waals surface area contributed by atoms with E-state index >= 15 is 0 Å². The van der Waals surface area contributed by atoms with E-state index in [9.17, 15) is 4.57 Å². The van der Waals surface area contributed by atoms with Crippen LogP contribution in [0.3, 0.4) is 0 Å². The minimum absolute atomic E-state index is 0.357. The largest absolute Gasteiger partial charge is 0.470 e. The normalized spacial score (nSPS) is 20.0. The van der Waals surface area contributed by atoms with Crippen molar-refractivity contribution in [2.45, 2.75) is 76.3 Å². The summed E-state index contributed by atoms with van der Waals surface area (Å²) in [7, 11) is -4.32. The van der Waals surface area contributed by atoms with Crippen molar-refractivity contribution in [3.05, 3.63) is 0 Å². The van der Waals surface area contributed by atoms with Crippen LogP contribution in [-0.4, -0.2) is 28.5 Å². The highest BCUT2D eigenvalue weighted by Gasteiger charge is 2.11. The van der Waals surface area contributed by atoms with E-state index in [4.69, 9.17) is 21.3 Å². The molecule has 6 nitrogen and oxygen atoms in total. The second kappa shape index (κ2) is 13.1. The van der Waals surface area contributed by atoms with Crippen molar-refractivity contribution in [3.63, 3.8) is 0 Å². The van der Waals surface area contributed by atoms with Crippen LogP contribution in [0, 0.1) is 12.3 Å². The van der Waals surface area contributed by atoms with Gasteiger partial charge in [-0.05, 0) is 25.7 Å². The van der Waals surface area contributed by atoms with Crippen molar-refractivity contribution < 1.29 is 18.9 Å². The SMILES string of the molecule is C#CCOP(=[18O])([18OH])[18OH].NC1CCCCC1.NC1CCCCC1. The second-order valence-electron chi connectivity index (χ2n) is 5.76. The van der Waals surface area contributed by atoms with Crippen molar-refractivity contribution in [2.75, 3.05) is 6.61 Å². The quantitative estimate of drug-likeness (QED) is 0.348. The van der Waals surface area contributed by atoms with E-state index in [-0.39, 0.29) is 6.61 Å². The van der Waals surface area contributed by atoms with Crippen molar-refractivity contribution in [3.8, 4) is 12.3 Å². The Morgan fingerprint density at radius 2 is 1.32 bits per heavy atom. The van der Waals surface area contributed by atoms with Crippen LogP contribution in [0.2, 0.25) is 0 Å². The number of phosphoric ester groups is 1. The Morgan fingerprint density at radius 1 is 0.955 bits per heavy atom. The first-order chi connectivity index (χ1) is 10.3. The Balaban J connectivity index is 0.000000301. The summed E-state index contributed by atoms with van der Waals surface area (Å²) in [6, 6.07) is 1.07. The molecule has 2 aliphatic carbocycles. The van der Waals surface area contributed by atoms with Gasteiger partial charge in [-0.25, -0.2) is 4.57 Å². The molecule has 0 atom stereocenters. The molecule has 0 heterocycles. The van der Waals surface area contributed by atoms with Crippen LogP contribution >= 0.6 is 7.82 Å². The minimum Gasteiger partial charge on any atom is -0.328 e. The van der Waals surface area contributed by atoms with Gasteiger partial charge >= 0.3 is 7.82 Å². The molecule has 0 radical (unpaired) electrons. The van der Waals surface area contributed by atoms with E-state index in [2.05, 4.69) is 10.9 Å². The number of phosphoric acid groups is 1. The Bertz CT molecular complexity index is 326. The molecule has 7 heteroatoms. The van der Waals surface area contributed by atoms with Crippen molar-refractivity contribution in [2.24, 2.45) is 11.5 Å². The Labute approximate surface area is 134 Å². The van der Waals surface area contributed by atoms with Crippen LogP contribution in [0.5, 0.6) is 0 Å². The third kappa shape index (κ3) is 16.0. The molecule has 0 unspecified atom stereocenters. The zero-order valence-corrected chi connectivity index (χ0v) is 14.2. The number of hydrogen-bond donors (Lipinski definition) is 4. The maximum Gasteiger partial charge on any atom is 0.470 e. The highest BCUT2D eigenvalue weighted by Crippen LogP contribution is 2.34. The highest BCUT2D eigenvalue weighted by atomic mass is 31.2. The Morgan fingerprint density at radius 3 is 1.45 bits per heavy atom. The van der Waals surface area contributed by atoms with Crippen LogP contribution in [0.4, 0.5) is 0 Å². The van der Waals surface area contributed by atoms with Gasteiger partial charge in [-0.2, -0.15) is 0 Å². The lowest BCUT2D eigenvalue weighted by atomic mass is 9.97. The van der Waals surface area contributed by atoms with Crippen LogP contribution < -0.4 is 11.5 Å². The molecular formula is C15H31N2O4P. The van der Waals surface area contributed by atoms with E-state index in [1.807, 2.05) is 5.92 Å². The zero-order chi connectivity index (χ0) is 16.8. The molecule has 0 aliphatic heterocycles. The predicted octanol–water partition coefficient (Wildman–Crippen LogP) is 2.28. The van der Waals surface area contributed by atoms with Gasteiger partial charge in [0.05, 0.1) is 0 Å². The molecular weight excluding hydrogens is 309 g/mol. The topological polar surface area (TPSA) is 119 Å². The maximum absolute atomic E-state index is 9.77. The summed E-state index contributed by atoms with van der Waals surface area (Å²) in [5.74, 6) is 1.91.